The van der Waals surface area contributed by atoms with Crippen molar-refractivity contribution in [1.82, 2.24) is 0 Å². The summed E-state index contributed by atoms with van der Waals surface area (Å²) in [6, 6.07) is 0. The van der Waals surface area contributed by atoms with Gasteiger partial charge in [0.1, 0.15) is 0 Å². The first-order valence-corrected chi connectivity index (χ1v) is 5.30. The molecule has 0 amide bonds. The van der Waals surface area contributed by atoms with E-state index in [9.17, 15) is 20.4 Å². The number of ether oxygens (including phenoxy) is 1. The molecule has 0 spiro atoms. The molecule has 0 radical (unpaired) electrons. The van der Waals surface area contributed by atoms with Gasteiger partial charge in [-0.2, -0.15) is 0 Å². The first-order chi connectivity index (χ1) is 6.83. The molecule has 0 unspecified atom stereocenters. The van der Waals surface area contributed by atoms with E-state index >= 15 is 0 Å². The van der Waals surface area contributed by atoms with Crippen LogP contribution in [-0.2, 0) is 4.74 Å². The second kappa shape index (κ2) is 6.40. The first-order valence-electron chi connectivity index (χ1n) is 5.30. The molecular weight excluding hydrogens is 200 g/mol. The van der Waals surface area contributed by atoms with Gasteiger partial charge in [-0.3, -0.25) is 0 Å². The van der Waals surface area contributed by atoms with Crippen molar-refractivity contribution in [3.8, 4) is 0 Å². The standard InChI is InChI=1S/C10H22O5/c1-3-9(11,12)5-7-15-8-6-10(13,14)4-2/h11-14H,3-8H2,1-2H3. The summed E-state index contributed by atoms with van der Waals surface area (Å²) in [6.45, 7) is 3.73. The van der Waals surface area contributed by atoms with Crippen molar-refractivity contribution in [2.24, 2.45) is 0 Å². The molecule has 0 aliphatic heterocycles. The van der Waals surface area contributed by atoms with Gasteiger partial charge in [0.25, 0.3) is 0 Å². The number of hydrogen-bond acceptors (Lipinski definition) is 5. The summed E-state index contributed by atoms with van der Waals surface area (Å²) in [5.41, 5.74) is 0. The topological polar surface area (TPSA) is 90.2 Å². The number of hydrogen-bond donors (Lipinski definition) is 4. The maximum absolute atomic E-state index is 9.21. The summed E-state index contributed by atoms with van der Waals surface area (Å²) < 4.78 is 5.07. The van der Waals surface area contributed by atoms with Crippen LogP contribution in [0.3, 0.4) is 0 Å². The molecular formula is C10H22O5. The van der Waals surface area contributed by atoms with E-state index < -0.39 is 11.6 Å². The van der Waals surface area contributed by atoms with E-state index in [1.165, 1.54) is 0 Å². The van der Waals surface area contributed by atoms with Crippen LogP contribution in [0, 0.1) is 0 Å². The fourth-order valence-electron chi connectivity index (χ4n) is 0.927. The molecule has 0 heterocycles. The minimum absolute atomic E-state index is 0.124. The third-order valence-corrected chi connectivity index (χ3v) is 2.43. The van der Waals surface area contributed by atoms with Crippen molar-refractivity contribution in [2.75, 3.05) is 13.2 Å². The minimum atomic E-state index is -1.68. The van der Waals surface area contributed by atoms with Crippen LogP contribution in [0.5, 0.6) is 0 Å². The normalized spacial score (nSPS) is 13.2. The van der Waals surface area contributed by atoms with Crippen LogP contribution in [0.15, 0.2) is 0 Å². The number of aliphatic hydroxyl groups is 4. The molecule has 5 heteroatoms. The Morgan fingerprint density at radius 1 is 0.800 bits per heavy atom. The Morgan fingerprint density at radius 2 is 1.13 bits per heavy atom. The van der Waals surface area contributed by atoms with Crippen molar-refractivity contribution < 1.29 is 25.2 Å². The van der Waals surface area contributed by atoms with Crippen LogP contribution in [0.2, 0.25) is 0 Å². The Kier molecular flexibility index (Phi) is 6.31. The molecule has 0 saturated heterocycles. The molecule has 4 N–H and O–H groups in total. The van der Waals surface area contributed by atoms with Gasteiger partial charge >= 0.3 is 0 Å². The van der Waals surface area contributed by atoms with Crippen LogP contribution in [0.1, 0.15) is 39.5 Å². The lowest BCUT2D eigenvalue weighted by atomic mass is 10.1. The number of rotatable bonds is 8. The van der Waals surface area contributed by atoms with Gasteiger partial charge in [0.2, 0.25) is 0 Å². The second-order valence-corrected chi connectivity index (χ2v) is 3.78. The molecule has 0 atom stereocenters. The summed E-state index contributed by atoms with van der Waals surface area (Å²) in [5.74, 6) is -3.36. The summed E-state index contributed by atoms with van der Waals surface area (Å²) >= 11 is 0. The van der Waals surface area contributed by atoms with Gasteiger partial charge in [0, 0.05) is 12.8 Å². The molecule has 0 bridgehead atoms. The lowest BCUT2D eigenvalue weighted by Gasteiger charge is -2.21. The monoisotopic (exact) mass is 222 g/mol. The molecule has 0 saturated carbocycles. The fourth-order valence-corrected chi connectivity index (χ4v) is 0.927. The summed E-state index contributed by atoms with van der Waals surface area (Å²) in [5, 5.41) is 36.8. The second-order valence-electron chi connectivity index (χ2n) is 3.78. The van der Waals surface area contributed by atoms with Crippen molar-refractivity contribution in [1.29, 1.82) is 0 Å². The average Bonchev–Trinajstić information content (AvgIpc) is 2.17. The van der Waals surface area contributed by atoms with Gasteiger partial charge in [-0.15, -0.1) is 0 Å². The molecule has 5 nitrogen and oxygen atoms in total. The predicted octanol–water partition coefficient (Wildman–Crippen LogP) is -0.0350. The fraction of sp³-hybridized carbons (Fsp3) is 1.00. The van der Waals surface area contributed by atoms with Crippen molar-refractivity contribution in [3.63, 3.8) is 0 Å². The molecule has 15 heavy (non-hydrogen) atoms. The van der Waals surface area contributed by atoms with Crippen LogP contribution < -0.4 is 0 Å². The molecule has 92 valence electrons. The Morgan fingerprint density at radius 3 is 1.40 bits per heavy atom. The predicted molar refractivity (Wildman–Crippen MR) is 55.0 cm³/mol. The third kappa shape index (κ3) is 7.70. The van der Waals surface area contributed by atoms with Crippen LogP contribution in [0.4, 0.5) is 0 Å². The average molecular weight is 222 g/mol. The molecule has 0 aromatic rings. The third-order valence-electron chi connectivity index (χ3n) is 2.43. The SMILES string of the molecule is CCC(O)(O)CCOCCC(O)(O)CC. The first kappa shape index (κ1) is 14.8. The molecule has 0 aliphatic rings. The highest BCUT2D eigenvalue weighted by Crippen LogP contribution is 2.12. The maximum Gasteiger partial charge on any atom is 0.164 e. The summed E-state index contributed by atoms with van der Waals surface area (Å²) in [6.07, 6.45) is 0.740. The van der Waals surface area contributed by atoms with E-state index in [-0.39, 0.29) is 38.9 Å². The molecule has 0 fully saturated rings. The van der Waals surface area contributed by atoms with Crippen molar-refractivity contribution in [2.45, 2.75) is 51.1 Å². The van der Waals surface area contributed by atoms with Crippen molar-refractivity contribution in [3.05, 3.63) is 0 Å². The zero-order chi connectivity index (χ0) is 11.9. The zero-order valence-corrected chi connectivity index (χ0v) is 9.44. The molecule has 0 aromatic heterocycles. The molecule has 0 aromatic carbocycles. The highest BCUT2D eigenvalue weighted by atomic mass is 16.5. The van der Waals surface area contributed by atoms with Gasteiger partial charge in [0.15, 0.2) is 11.6 Å². The smallest absolute Gasteiger partial charge is 0.164 e. The Bertz CT molecular complexity index is 149. The minimum Gasteiger partial charge on any atom is -0.381 e. The van der Waals surface area contributed by atoms with E-state index in [0.717, 1.165) is 0 Å². The summed E-state index contributed by atoms with van der Waals surface area (Å²) in [7, 11) is 0. The van der Waals surface area contributed by atoms with E-state index in [1.54, 1.807) is 13.8 Å². The molecule has 0 aliphatic carbocycles. The quantitative estimate of drug-likeness (QED) is 0.342. The van der Waals surface area contributed by atoms with E-state index in [4.69, 9.17) is 4.74 Å². The van der Waals surface area contributed by atoms with Gasteiger partial charge < -0.3 is 25.2 Å². The van der Waals surface area contributed by atoms with E-state index in [1.807, 2.05) is 0 Å². The van der Waals surface area contributed by atoms with Gasteiger partial charge in [-0.05, 0) is 12.8 Å². The zero-order valence-electron chi connectivity index (χ0n) is 9.44. The van der Waals surface area contributed by atoms with Crippen molar-refractivity contribution >= 4 is 0 Å². The van der Waals surface area contributed by atoms with Crippen LogP contribution >= 0.6 is 0 Å². The summed E-state index contributed by atoms with van der Waals surface area (Å²) in [4.78, 5) is 0. The van der Waals surface area contributed by atoms with Gasteiger partial charge in [0.05, 0.1) is 13.2 Å². The maximum atomic E-state index is 9.21. The lowest BCUT2D eigenvalue weighted by molar-refractivity contribution is -0.185. The van der Waals surface area contributed by atoms with E-state index in [2.05, 4.69) is 0 Å². The Balaban J connectivity index is 3.48. The highest BCUT2D eigenvalue weighted by molar-refractivity contribution is 4.62. The molecule has 0 rings (SSSR count). The van der Waals surface area contributed by atoms with Crippen LogP contribution in [0.25, 0.3) is 0 Å². The Hall–Kier alpha value is -0.200. The van der Waals surface area contributed by atoms with Crippen LogP contribution in [-0.4, -0.2) is 45.2 Å². The van der Waals surface area contributed by atoms with Gasteiger partial charge in [-0.25, -0.2) is 0 Å². The lowest BCUT2D eigenvalue weighted by Crippen LogP contribution is -2.30. The van der Waals surface area contributed by atoms with E-state index in [0.29, 0.717) is 0 Å². The Labute approximate surface area is 90.3 Å². The van der Waals surface area contributed by atoms with Gasteiger partial charge in [-0.1, -0.05) is 13.8 Å². The largest absolute Gasteiger partial charge is 0.381 e. The highest BCUT2D eigenvalue weighted by Gasteiger charge is 2.21.